The molecule has 6 N–H and O–H groups in total. The van der Waals surface area contributed by atoms with Crippen LogP contribution in [-0.4, -0.2) is 63.2 Å². The summed E-state index contributed by atoms with van der Waals surface area (Å²) in [6, 6.07) is 9.03. The largest absolute Gasteiger partial charge is 0.490 e. The van der Waals surface area contributed by atoms with Crippen molar-refractivity contribution >= 4 is 29.4 Å². The van der Waals surface area contributed by atoms with E-state index in [0.717, 1.165) is 31.7 Å². The molecular formula is C33H36F5N5O7. The smallest absolute Gasteiger partial charge is 0.478 e. The zero-order valence-corrected chi connectivity index (χ0v) is 27.4. The highest BCUT2D eigenvalue weighted by atomic mass is 19.4. The Bertz CT molecular complexity index is 1740. The highest BCUT2D eigenvalue weighted by molar-refractivity contribution is 5.99. The summed E-state index contributed by atoms with van der Waals surface area (Å²) in [5, 5.41) is 27.6. The van der Waals surface area contributed by atoms with E-state index in [4.69, 9.17) is 30.5 Å². The molecule has 0 unspecified atom stereocenters. The number of nitrogens with zero attached hydrogens (tertiary/aromatic N) is 2. The first-order valence-electron chi connectivity index (χ1n) is 15.3. The lowest BCUT2D eigenvalue weighted by Crippen LogP contribution is -2.38. The second kappa shape index (κ2) is 16.3. The van der Waals surface area contributed by atoms with E-state index in [9.17, 15) is 27.9 Å². The zero-order valence-electron chi connectivity index (χ0n) is 27.4. The van der Waals surface area contributed by atoms with Gasteiger partial charge < -0.3 is 35.6 Å². The number of carboxylic acids is 2. The number of halogens is 5. The minimum absolute atomic E-state index is 0.0204. The number of alkyl halides is 3. The maximum Gasteiger partial charge on any atom is 0.490 e. The van der Waals surface area contributed by atoms with E-state index in [0.29, 0.717) is 5.56 Å². The molecule has 0 radical (unpaired) electrons. The first-order valence-corrected chi connectivity index (χ1v) is 15.3. The summed E-state index contributed by atoms with van der Waals surface area (Å²) in [5.41, 5.74) is 5.09. The molecule has 270 valence electrons. The Morgan fingerprint density at radius 3 is 2.00 bits per heavy atom. The number of anilines is 1. The fourth-order valence-electron chi connectivity index (χ4n) is 5.17. The van der Waals surface area contributed by atoms with Gasteiger partial charge in [-0.05, 0) is 70.9 Å². The summed E-state index contributed by atoms with van der Waals surface area (Å²) in [6.07, 6.45) is -1.36. The van der Waals surface area contributed by atoms with Crippen LogP contribution in [0.1, 0.15) is 79.7 Å². The van der Waals surface area contributed by atoms with Gasteiger partial charge in [-0.2, -0.15) is 26.9 Å². The van der Waals surface area contributed by atoms with E-state index >= 15 is 8.78 Å². The van der Waals surface area contributed by atoms with Crippen molar-refractivity contribution in [1.82, 2.24) is 10.3 Å². The Hall–Kier alpha value is -5.48. The normalized spacial score (nSPS) is 13.0. The highest BCUT2D eigenvalue weighted by Gasteiger charge is 2.38. The van der Waals surface area contributed by atoms with E-state index in [-0.39, 0.29) is 41.0 Å². The number of aromatic carboxylic acids is 1. The van der Waals surface area contributed by atoms with Gasteiger partial charge in [0.2, 0.25) is 11.6 Å². The van der Waals surface area contributed by atoms with Gasteiger partial charge >= 0.3 is 18.1 Å². The van der Waals surface area contributed by atoms with E-state index in [1.165, 1.54) is 29.2 Å². The molecule has 1 aliphatic rings. The minimum Gasteiger partial charge on any atom is -0.478 e. The van der Waals surface area contributed by atoms with Crippen LogP contribution in [0.25, 0.3) is 0 Å². The molecule has 2 aromatic carbocycles. The Morgan fingerprint density at radius 1 is 0.940 bits per heavy atom. The van der Waals surface area contributed by atoms with Crippen molar-refractivity contribution in [2.45, 2.75) is 77.7 Å². The summed E-state index contributed by atoms with van der Waals surface area (Å²) in [6.45, 7) is 7.03. The second-order valence-corrected chi connectivity index (χ2v) is 11.7. The monoisotopic (exact) mass is 709 g/mol. The van der Waals surface area contributed by atoms with Crippen molar-refractivity contribution in [1.29, 1.82) is 5.41 Å². The predicted molar refractivity (Wildman–Crippen MR) is 171 cm³/mol. The first-order chi connectivity index (χ1) is 23.3. The third-order valence-corrected chi connectivity index (χ3v) is 7.34. The van der Waals surface area contributed by atoms with Crippen LogP contribution in [0.3, 0.4) is 0 Å². The molecule has 4 rings (SSSR count). The Labute approximate surface area is 283 Å². The first kappa shape index (κ1) is 39.0. The Balaban J connectivity index is 0.000000872. The number of nitrogens with two attached hydrogens (primary N) is 1. The van der Waals surface area contributed by atoms with Gasteiger partial charge in [0.05, 0.1) is 0 Å². The molecule has 1 saturated carbocycles. The molecule has 1 fully saturated rings. The molecule has 3 aromatic rings. The lowest BCUT2D eigenvalue weighted by Gasteiger charge is -2.33. The van der Waals surface area contributed by atoms with Crippen molar-refractivity contribution in [3.63, 3.8) is 0 Å². The molecule has 0 spiro atoms. The molecule has 1 heterocycles. The van der Waals surface area contributed by atoms with Crippen molar-refractivity contribution in [3.05, 3.63) is 70.8 Å². The molecule has 1 amide bonds. The SMILES string of the molecule is CC(C)N(c1c(F)c(Oc2cccc(C(=N)N)c2)nc(Oc2ccc(C(=O)NC3CCCC3)cc2C(=O)O)c1F)C(C)C.O=C(O)C(F)(F)F. The average Bonchev–Trinajstić information content (AvgIpc) is 3.54. The van der Waals surface area contributed by atoms with Crippen molar-refractivity contribution < 1.29 is 56.0 Å². The summed E-state index contributed by atoms with van der Waals surface area (Å²) < 4.78 is 75.1. The molecule has 50 heavy (non-hydrogen) atoms. The summed E-state index contributed by atoms with van der Waals surface area (Å²) in [4.78, 5) is 39.3. The number of hydrogen-bond donors (Lipinski definition) is 5. The Kier molecular flexibility index (Phi) is 12.7. The molecule has 0 atom stereocenters. The number of pyridine rings is 1. The number of nitrogen functional groups attached to an aromatic ring is 1. The van der Waals surface area contributed by atoms with Crippen molar-refractivity contribution in [2.75, 3.05) is 4.90 Å². The third kappa shape index (κ3) is 9.79. The molecule has 0 bridgehead atoms. The molecule has 17 heteroatoms. The summed E-state index contributed by atoms with van der Waals surface area (Å²) >= 11 is 0. The number of amides is 1. The number of carbonyl (C=O) groups excluding carboxylic acids is 1. The topological polar surface area (TPSA) is 188 Å². The number of benzene rings is 2. The van der Waals surface area contributed by atoms with Crippen LogP contribution in [0, 0.1) is 17.0 Å². The Morgan fingerprint density at radius 2 is 1.50 bits per heavy atom. The van der Waals surface area contributed by atoms with E-state index < -0.39 is 58.7 Å². The van der Waals surface area contributed by atoms with Gasteiger partial charge in [0.25, 0.3) is 17.7 Å². The van der Waals surface area contributed by atoms with Gasteiger partial charge in [-0.1, -0.05) is 25.0 Å². The number of amidine groups is 1. The van der Waals surface area contributed by atoms with E-state index in [1.807, 2.05) is 0 Å². The average molecular weight is 710 g/mol. The summed E-state index contributed by atoms with van der Waals surface area (Å²) in [5.74, 6) is -8.70. The number of carboxylic acid groups (broad SMARTS) is 2. The maximum atomic E-state index is 16.1. The lowest BCUT2D eigenvalue weighted by molar-refractivity contribution is -0.192. The van der Waals surface area contributed by atoms with Crippen molar-refractivity contribution in [3.8, 4) is 23.3 Å². The zero-order chi connectivity index (χ0) is 37.5. The maximum absolute atomic E-state index is 16.1. The number of aliphatic carboxylic acids is 1. The van der Waals surface area contributed by atoms with E-state index in [2.05, 4.69) is 10.3 Å². The van der Waals surface area contributed by atoms with Gasteiger partial charge in [-0.3, -0.25) is 10.2 Å². The number of hydrogen-bond acceptors (Lipinski definition) is 8. The van der Waals surface area contributed by atoms with Crippen LogP contribution in [0.5, 0.6) is 23.3 Å². The fourth-order valence-corrected chi connectivity index (χ4v) is 5.17. The van der Waals surface area contributed by atoms with Crippen LogP contribution in [0.4, 0.5) is 27.6 Å². The third-order valence-electron chi connectivity index (χ3n) is 7.34. The minimum atomic E-state index is -5.08. The highest BCUT2D eigenvalue weighted by Crippen LogP contribution is 2.40. The van der Waals surface area contributed by atoms with Gasteiger partial charge in [-0.15, -0.1) is 0 Å². The van der Waals surface area contributed by atoms with Crippen LogP contribution in [0.15, 0.2) is 42.5 Å². The van der Waals surface area contributed by atoms with Gasteiger partial charge in [0.15, 0.2) is 0 Å². The molecule has 0 saturated heterocycles. The van der Waals surface area contributed by atoms with Crippen LogP contribution in [-0.2, 0) is 4.79 Å². The molecule has 1 aliphatic carbocycles. The van der Waals surface area contributed by atoms with Crippen LogP contribution in [0.2, 0.25) is 0 Å². The fraction of sp³-hybridized carbons (Fsp3) is 0.364. The van der Waals surface area contributed by atoms with Gasteiger partial charge in [0.1, 0.15) is 28.6 Å². The lowest BCUT2D eigenvalue weighted by atomic mass is 10.1. The van der Waals surface area contributed by atoms with E-state index in [1.54, 1.807) is 39.8 Å². The van der Waals surface area contributed by atoms with Gasteiger partial charge in [0, 0.05) is 29.3 Å². The number of carbonyl (C=O) groups is 3. The molecule has 1 aromatic heterocycles. The van der Waals surface area contributed by atoms with Gasteiger partial charge in [-0.25, -0.2) is 9.59 Å². The van der Waals surface area contributed by atoms with Crippen LogP contribution >= 0.6 is 0 Å². The summed E-state index contributed by atoms with van der Waals surface area (Å²) in [7, 11) is 0. The number of rotatable bonds is 11. The quantitative estimate of drug-likeness (QED) is 0.0800. The number of aromatic nitrogens is 1. The molecule has 12 nitrogen and oxygen atoms in total. The number of nitrogens with one attached hydrogen (secondary N) is 2. The van der Waals surface area contributed by atoms with Crippen LogP contribution < -0.4 is 25.4 Å². The predicted octanol–water partition coefficient (Wildman–Crippen LogP) is 6.86. The number of ether oxygens (including phenoxy) is 2. The molecular weight excluding hydrogens is 673 g/mol. The standard InChI is InChI=1S/C31H35F2N5O5.C2HF3O2/c1-16(2)38(17(3)4)26-24(32)29(42-21-11-7-8-18(14-21)27(34)35)37-30(25(26)33)43-23-13-12-19(15-22(23)31(40)41)28(39)36-20-9-5-6-10-20;3-2(4,5)1(6)7/h7-8,11-17,20H,5-6,9-10H2,1-4H3,(H3,34,35)(H,36,39)(H,40,41);(H,6,7). The second-order valence-electron chi connectivity index (χ2n) is 11.7. The van der Waals surface area contributed by atoms with Crippen molar-refractivity contribution in [2.24, 2.45) is 5.73 Å². The molecule has 0 aliphatic heterocycles.